The molecule has 1 atom stereocenters. The number of halogens is 1. The van der Waals surface area contributed by atoms with Gasteiger partial charge in [0.2, 0.25) is 0 Å². The minimum atomic E-state index is -0.510. The summed E-state index contributed by atoms with van der Waals surface area (Å²) in [4.78, 5) is 0. The summed E-state index contributed by atoms with van der Waals surface area (Å²) >= 11 is 3.28. The zero-order chi connectivity index (χ0) is 7.11. The standard InChI is InChI=1S/C6H13BrO2/c7-4-2-1-3-6(9)5-8/h6,8-9H,1-5H2/t6-/m0/s1. The molecule has 0 aliphatic carbocycles. The Morgan fingerprint density at radius 1 is 1.33 bits per heavy atom. The fraction of sp³-hybridized carbons (Fsp3) is 1.00. The van der Waals surface area contributed by atoms with Gasteiger partial charge in [-0.15, -0.1) is 0 Å². The largest absolute Gasteiger partial charge is 0.394 e. The van der Waals surface area contributed by atoms with Gasteiger partial charge in [0.15, 0.2) is 0 Å². The maximum Gasteiger partial charge on any atom is 0.0770 e. The molecule has 9 heavy (non-hydrogen) atoms. The molecule has 3 heteroatoms. The number of alkyl halides is 1. The van der Waals surface area contributed by atoms with Crippen molar-refractivity contribution in [3.63, 3.8) is 0 Å². The van der Waals surface area contributed by atoms with Gasteiger partial charge in [-0.2, -0.15) is 0 Å². The molecule has 0 aliphatic heterocycles. The Balaban J connectivity index is 2.88. The first-order valence-electron chi connectivity index (χ1n) is 3.16. The highest BCUT2D eigenvalue weighted by Gasteiger charge is 1.99. The summed E-state index contributed by atoms with van der Waals surface area (Å²) in [6.07, 6.45) is 2.25. The smallest absolute Gasteiger partial charge is 0.0770 e. The molecule has 0 unspecified atom stereocenters. The van der Waals surface area contributed by atoms with E-state index in [0.717, 1.165) is 18.2 Å². The minimum absolute atomic E-state index is 0.109. The van der Waals surface area contributed by atoms with Crippen LogP contribution in [0.2, 0.25) is 0 Å². The highest BCUT2D eigenvalue weighted by molar-refractivity contribution is 9.09. The van der Waals surface area contributed by atoms with Gasteiger partial charge in [-0.1, -0.05) is 15.9 Å². The van der Waals surface area contributed by atoms with Crippen molar-refractivity contribution in [3.05, 3.63) is 0 Å². The lowest BCUT2D eigenvalue weighted by atomic mass is 10.2. The molecule has 2 nitrogen and oxygen atoms in total. The molecule has 0 saturated heterocycles. The zero-order valence-corrected chi connectivity index (χ0v) is 6.97. The van der Waals surface area contributed by atoms with E-state index in [1.54, 1.807) is 0 Å². The molecular formula is C6H13BrO2. The summed E-state index contributed by atoms with van der Waals surface area (Å²) in [5.41, 5.74) is 0. The molecule has 0 radical (unpaired) electrons. The van der Waals surface area contributed by atoms with E-state index in [-0.39, 0.29) is 6.61 Å². The van der Waals surface area contributed by atoms with E-state index in [1.165, 1.54) is 0 Å². The molecule has 0 bridgehead atoms. The van der Waals surface area contributed by atoms with Gasteiger partial charge in [0.25, 0.3) is 0 Å². The van der Waals surface area contributed by atoms with Gasteiger partial charge in [-0.05, 0) is 19.3 Å². The molecule has 0 amide bonds. The number of aliphatic hydroxyl groups excluding tert-OH is 2. The molecule has 0 saturated carbocycles. The molecule has 0 aromatic carbocycles. The van der Waals surface area contributed by atoms with E-state index in [1.807, 2.05) is 0 Å². The minimum Gasteiger partial charge on any atom is -0.394 e. The lowest BCUT2D eigenvalue weighted by Gasteiger charge is -2.03. The van der Waals surface area contributed by atoms with E-state index >= 15 is 0 Å². The van der Waals surface area contributed by atoms with Crippen LogP contribution in [0.15, 0.2) is 0 Å². The van der Waals surface area contributed by atoms with E-state index in [9.17, 15) is 0 Å². The number of rotatable bonds is 5. The molecule has 0 aromatic heterocycles. The first kappa shape index (κ1) is 9.40. The van der Waals surface area contributed by atoms with Gasteiger partial charge in [-0.25, -0.2) is 0 Å². The van der Waals surface area contributed by atoms with Crippen molar-refractivity contribution in [1.82, 2.24) is 0 Å². The quantitative estimate of drug-likeness (QED) is 0.507. The van der Waals surface area contributed by atoms with Crippen LogP contribution < -0.4 is 0 Å². The van der Waals surface area contributed by atoms with Gasteiger partial charge < -0.3 is 10.2 Å². The molecule has 56 valence electrons. The van der Waals surface area contributed by atoms with Gasteiger partial charge >= 0.3 is 0 Å². The Morgan fingerprint density at radius 2 is 2.00 bits per heavy atom. The van der Waals surface area contributed by atoms with Crippen LogP contribution in [0.5, 0.6) is 0 Å². The van der Waals surface area contributed by atoms with Crippen molar-refractivity contribution in [3.8, 4) is 0 Å². The van der Waals surface area contributed by atoms with Crippen LogP contribution in [0.1, 0.15) is 19.3 Å². The SMILES string of the molecule is OC[C@@H](O)CCCCBr. The first-order chi connectivity index (χ1) is 4.31. The zero-order valence-electron chi connectivity index (χ0n) is 5.39. The van der Waals surface area contributed by atoms with Gasteiger partial charge in [0.1, 0.15) is 0 Å². The summed E-state index contributed by atoms with van der Waals surface area (Å²) in [6, 6.07) is 0. The van der Waals surface area contributed by atoms with Gasteiger partial charge in [0.05, 0.1) is 12.7 Å². The fourth-order valence-electron chi connectivity index (χ4n) is 0.566. The molecule has 0 spiro atoms. The third-order valence-corrected chi connectivity index (χ3v) is 1.69. The third kappa shape index (κ3) is 6.28. The number of hydrogen-bond acceptors (Lipinski definition) is 2. The summed E-state index contributed by atoms with van der Waals surface area (Å²) in [6.45, 7) is -0.109. The number of aliphatic hydroxyl groups is 2. The Morgan fingerprint density at radius 3 is 2.44 bits per heavy atom. The Kier molecular flexibility index (Phi) is 6.81. The monoisotopic (exact) mass is 196 g/mol. The van der Waals surface area contributed by atoms with Crippen LogP contribution >= 0.6 is 15.9 Å². The maximum absolute atomic E-state index is 8.82. The molecule has 0 fully saturated rings. The number of hydrogen-bond donors (Lipinski definition) is 2. The Labute approximate surface area is 64.0 Å². The summed E-state index contributed by atoms with van der Waals surface area (Å²) < 4.78 is 0. The predicted molar refractivity (Wildman–Crippen MR) is 40.7 cm³/mol. The summed E-state index contributed by atoms with van der Waals surface area (Å²) in [5.74, 6) is 0. The van der Waals surface area contributed by atoms with Crippen LogP contribution in [0.25, 0.3) is 0 Å². The molecule has 0 heterocycles. The van der Waals surface area contributed by atoms with E-state index < -0.39 is 6.10 Å². The van der Waals surface area contributed by atoms with Crippen molar-refractivity contribution in [2.45, 2.75) is 25.4 Å². The van der Waals surface area contributed by atoms with Gasteiger partial charge in [-0.3, -0.25) is 0 Å². The van der Waals surface area contributed by atoms with Crippen molar-refractivity contribution in [2.75, 3.05) is 11.9 Å². The van der Waals surface area contributed by atoms with E-state index in [4.69, 9.17) is 10.2 Å². The second-order valence-corrected chi connectivity index (χ2v) is 2.81. The van der Waals surface area contributed by atoms with Crippen molar-refractivity contribution < 1.29 is 10.2 Å². The van der Waals surface area contributed by atoms with Crippen molar-refractivity contribution in [1.29, 1.82) is 0 Å². The highest BCUT2D eigenvalue weighted by atomic mass is 79.9. The summed E-state index contributed by atoms with van der Waals surface area (Å²) in [7, 11) is 0. The van der Waals surface area contributed by atoms with Crippen molar-refractivity contribution in [2.24, 2.45) is 0 Å². The normalized spacial score (nSPS) is 13.7. The second-order valence-electron chi connectivity index (χ2n) is 2.02. The maximum atomic E-state index is 8.82. The Hall–Kier alpha value is 0.400. The van der Waals surface area contributed by atoms with Crippen LogP contribution in [-0.2, 0) is 0 Å². The molecule has 2 N–H and O–H groups in total. The molecule has 0 aromatic rings. The molecule has 0 rings (SSSR count). The van der Waals surface area contributed by atoms with Crippen LogP contribution in [-0.4, -0.2) is 28.3 Å². The second kappa shape index (κ2) is 6.52. The van der Waals surface area contributed by atoms with Crippen LogP contribution in [0, 0.1) is 0 Å². The molecule has 0 aliphatic rings. The first-order valence-corrected chi connectivity index (χ1v) is 4.28. The third-order valence-electron chi connectivity index (χ3n) is 1.13. The molecular weight excluding hydrogens is 184 g/mol. The average Bonchev–Trinajstić information content (AvgIpc) is 1.89. The van der Waals surface area contributed by atoms with Gasteiger partial charge in [0, 0.05) is 5.33 Å². The van der Waals surface area contributed by atoms with Crippen LogP contribution in [0.4, 0.5) is 0 Å². The average molecular weight is 197 g/mol. The lowest BCUT2D eigenvalue weighted by Crippen LogP contribution is -2.11. The lowest BCUT2D eigenvalue weighted by molar-refractivity contribution is 0.0865. The predicted octanol–water partition coefficient (Wildman–Crippen LogP) is 0.905. The topological polar surface area (TPSA) is 40.5 Å². The van der Waals surface area contributed by atoms with Crippen molar-refractivity contribution >= 4 is 15.9 Å². The van der Waals surface area contributed by atoms with E-state index in [2.05, 4.69) is 15.9 Å². The van der Waals surface area contributed by atoms with Crippen LogP contribution in [0.3, 0.4) is 0 Å². The number of unbranched alkanes of at least 4 members (excludes halogenated alkanes) is 1. The summed E-state index contributed by atoms with van der Waals surface area (Å²) in [5, 5.41) is 18.2. The Bertz CT molecular complexity index is 59.0. The fourth-order valence-corrected chi connectivity index (χ4v) is 0.962. The van der Waals surface area contributed by atoms with E-state index in [0.29, 0.717) is 6.42 Å². The highest BCUT2D eigenvalue weighted by Crippen LogP contribution is 2.01.